The molecule has 7 nitrogen and oxygen atoms in total. The lowest BCUT2D eigenvalue weighted by Crippen LogP contribution is -2.54. The highest BCUT2D eigenvalue weighted by atomic mass is 16.6. The van der Waals surface area contributed by atoms with Gasteiger partial charge in [0.05, 0.1) is 18.8 Å². The third-order valence-electron chi connectivity index (χ3n) is 4.04. The van der Waals surface area contributed by atoms with Crippen molar-refractivity contribution in [3.05, 3.63) is 11.6 Å². The zero-order valence-corrected chi connectivity index (χ0v) is 16.7. The van der Waals surface area contributed by atoms with Gasteiger partial charge in [-0.2, -0.15) is 0 Å². The van der Waals surface area contributed by atoms with Crippen LogP contribution in [0, 0.1) is 0 Å². The molecule has 0 aromatic rings. The fraction of sp³-hybridized carbons (Fsp3) is 0.789. The van der Waals surface area contributed by atoms with Gasteiger partial charge in [-0.1, -0.05) is 13.8 Å². The molecule has 0 unspecified atom stereocenters. The molecule has 0 fully saturated rings. The van der Waals surface area contributed by atoms with E-state index in [1.165, 1.54) is 6.08 Å². The number of aliphatic hydroxyl groups excluding tert-OH is 1. The maximum absolute atomic E-state index is 12.2. The summed E-state index contributed by atoms with van der Waals surface area (Å²) >= 11 is 0. The van der Waals surface area contributed by atoms with Gasteiger partial charge in [-0.15, -0.1) is 0 Å². The molecule has 1 aliphatic rings. The molecule has 0 saturated carbocycles. The number of carbonyl (C=O) groups excluding carboxylic acids is 2. The summed E-state index contributed by atoms with van der Waals surface area (Å²) in [6.45, 7) is 11.3. The number of rotatable bonds is 7. The Morgan fingerprint density at radius 3 is 2.38 bits per heavy atom. The van der Waals surface area contributed by atoms with Gasteiger partial charge >= 0.3 is 12.1 Å². The first-order valence-corrected chi connectivity index (χ1v) is 9.32. The molecule has 0 aliphatic heterocycles. The molecule has 0 aromatic heterocycles. The van der Waals surface area contributed by atoms with Gasteiger partial charge in [0.15, 0.2) is 0 Å². The number of hydrogen-bond acceptors (Lipinski definition) is 6. The van der Waals surface area contributed by atoms with E-state index >= 15 is 0 Å². The zero-order valence-electron chi connectivity index (χ0n) is 16.7. The standard InChI is InChI=1S/C19H33NO6/c1-7-13(8-2)25-16-14(20-18(23)26-19(4,5)6)10-12(11-15(16)21)17(22)24-9-3/h11,13-16,21H,7-10H2,1-6H3,(H,20,23)/t14-,15+,16-/m1/s1. The highest BCUT2D eigenvalue weighted by Crippen LogP contribution is 2.25. The van der Waals surface area contributed by atoms with Crippen LogP contribution in [0.2, 0.25) is 0 Å². The molecule has 1 aliphatic carbocycles. The van der Waals surface area contributed by atoms with Crippen LogP contribution in [0.3, 0.4) is 0 Å². The first-order valence-electron chi connectivity index (χ1n) is 9.32. The van der Waals surface area contributed by atoms with Crippen molar-refractivity contribution in [2.24, 2.45) is 0 Å². The van der Waals surface area contributed by atoms with Crippen LogP contribution >= 0.6 is 0 Å². The van der Waals surface area contributed by atoms with Crippen molar-refractivity contribution in [2.45, 2.75) is 90.8 Å². The second-order valence-corrected chi connectivity index (χ2v) is 7.40. The summed E-state index contributed by atoms with van der Waals surface area (Å²) in [6, 6.07) is -0.593. The number of hydrogen-bond donors (Lipinski definition) is 2. The minimum atomic E-state index is -1.02. The molecule has 0 bridgehead atoms. The molecule has 1 rings (SSSR count). The number of alkyl carbamates (subject to hydrolysis) is 1. The molecule has 150 valence electrons. The van der Waals surface area contributed by atoms with Crippen molar-refractivity contribution in [1.29, 1.82) is 0 Å². The Bertz CT molecular complexity index is 507. The van der Waals surface area contributed by atoms with Crippen molar-refractivity contribution < 1.29 is 28.9 Å². The number of amides is 1. The Kier molecular flexibility index (Phi) is 8.56. The molecule has 3 atom stereocenters. The fourth-order valence-corrected chi connectivity index (χ4v) is 2.81. The summed E-state index contributed by atoms with van der Waals surface area (Å²) in [5.41, 5.74) is -0.326. The van der Waals surface area contributed by atoms with Crippen LogP contribution < -0.4 is 5.32 Å². The second kappa shape index (κ2) is 9.92. The quantitative estimate of drug-likeness (QED) is 0.668. The monoisotopic (exact) mass is 371 g/mol. The highest BCUT2D eigenvalue weighted by Gasteiger charge is 2.38. The van der Waals surface area contributed by atoms with Gasteiger partial charge in [0.25, 0.3) is 0 Å². The molecule has 0 heterocycles. The van der Waals surface area contributed by atoms with Gasteiger partial charge < -0.3 is 24.6 Å². The maximum Gasteiger partial charge on any atom is 0.407 e. The van der Waals surface area contributed by atoms with Gasteiger partial charge in [-0.05, 0) is 46.6 Å². The van der Waals surface area contributed by atoms with Crippen molar-refractivity contribution >= 4 is 12.1 Å². The van der Waals surface area contributed by atoms with E-state index in [1.54, 1.807) is 27.7 Å². The first-order chi connectivity index (χ1) is 12.1. The Labute approximate surface area is 156 Å². The van der Waals surface area contributed by atoms with E-state index in [2.05, 4.69) is 5.32 Å². The van der Waals surface area contributed by atoms with Crippen LogP contribution in [-0.2, 0) is 19.0 Å². The third-order valence-corrected chi connectivity index (χ3v) is 4.04. The predicted octanol–water partition coefficient (Wildman–Crippen LogP) is 2.71. The summed E-state index contributed by atoms with van der Waals surface area (Å²) in [5, 5.41) is 13.3. The van der Waals surface area contributed by atoms with E-state index in [-0.39, 0.29) is 19.1 Å². The summed E-state index contributed by atoms with van der Waals surface area (Å²) in [4.78, 5) is 24.3. The number of aliphatic hydroxyl groups is 1. The predicted molar refractivity (Wildman–Crippen MR) is 97.7 cm³/mol. The van der Waals surface area contributed by atoms with E-state index in [9.17, 15) is 14.7 Å². The average molecular weight is 371 g/mol. The van der Waals surface area contributed by atoms with Crippen molar-refractivity contribution in [2.75, 3.05) is 6.61 Å². The van der Waals surface area contributed by atoms with Gasteiger partial charge in [-0.3, -0.25) is 0 Å². The Morgan fingerprint density at radius 1 is 1.27 bits per heavy atom. The second-order valence-electron chi connectivity index (χ2n) is 7.40. The Morgan fingerprint density at radius 2 is 1.88 bits per heavy atom. The van der Waals surface area contributed by atoms with E-state index in [0.29, 0.717) is 5.57 Å². The average Bonchev–Trinajstić information content (AvgIpc) is 2.52. The fourth-order valence-electron chi connectivity index (χ4n) is 2.81. The number of carbonyl (C=O) groups is 2. The van der Waals surface area contributed by atoms with E-state index in [1.807, 2.05) is 13.8 Å². The summed E-state index contributed by atoms with van der Waals surface area (Å²) in [6.07, 6.45) is 0.890. The SMILES string of the molecule is CCOC(=O)C1=C[C@H](O)[C@H](OC(CC)CC)[C@H](NC(=O)OC(C)(C)C)C1. The van der Waals surface area contributed by atoms with Crippen molar-refractivity contribution in [3.8, 4) is 0 Å². The van der Waals surface area contributed by atoms with E-state index < -0.39 is 35.9 Å². The van der Waals surface area contributed by atoms with Gasteiger partial charge in [0, 0.05) is 12.0 Å². The molecular formula is C19H33NO6. The Hall–Kier alpha value is -1.60. The van der Waals surface area contributed by atoms with Gasteiger partial charge in [0.2, 0.25) is 0 Å². The molecule has 1 amide bonds. The lowest BCUT2D eigenvalue weighted by Gasteiger charge is -2.36. The summed E-state index contributed by atoms with van der Waals surface area (Å²) in [7, 11) is 0. The largest absolute Gasteiger partial charge is 0.463 e. The number of nitrogens with one attached hydrogen (secondary N) is 1. The van der Waals surface area contributed by atoms with Crippen LogP contribution in [0.15, 0.2) is 11.6 Å². The molecule has 0 saturated heterocycles. The molecular weight excluding hydrogens is 338 g/mol. The lowest BCUT2D eigenvalue weighted by molar-refractivity contribution is -0.139. The molecule has 26 heavy (non-hydrogen) atoms. The van der Waals surface area contributed by atoms with Crippen LogP contribution in [0.1, 0.15) is 60.8 Å². The van der Waals surface area contributed by atoms with Gasteiger partial charge in [0.1, 0.15) is 17.8 Å². The molecule has 0 spiro atoms. The highest BCUT2D eigenvalue weighted by molar-refractivity contribution is 5.89. The van der Waals surface area contributed by atoms with E-state index in [0.717, 1.165) is 12.8 Å². The van der Waals surface area contributed by atoms with Crippen LogP contribution in [0.4, 0.5) is 4.79 Å². The van der Waals surface area contributed by atoms with Crippen LogP contribution in [-0.4, -0.2) is 53.7 Å². The topological polar surface area (TPSA) is 94.1 Å². The maximum atomic E-state index is 12.2. The zero-order chi connectivity index (χ0) is 19.9. The normalized spacial score (nSPS) is 23.4. The number of ether oxygens (including phenoxy) is 3. The molecule has 0 aromatic carbocycles. The minimum Gasteiger partial charge on any atom is -0.463 e. The number of esters is 1. The molecule has 2 N–H and O–H groups in total. The van der Waals surface area contributed by atoms with Crippen LogP contribution in [0.25, 0.3) is 0 Å². The van der Waals surface area contributed by atoms with Crippen molar-refractivity contribution in [3.63, 3.8) is 0 Å². The van der Waals surface area contributed by atoms with Crippen LogP contribution in [0.5, 0.6) is 0 Å². The summed E-state index contributed by atoms with van der Waals surface area (Å²) < 4.78 is 16.3. The first kappa shape index (κ1) is 22.4. The smallest absolute Gasteiger partial charge is 0.407 e. The molecule has 0 radical (unpaired) electrons. The third kappa shape index (κ3) is 6.96. The summed E-state index contributed by atoms with van der Waals surface area (Å²) in [5.74, 6) is -0.497. The minimum absolute atomic E-state index is 0.0462. The van der Waals surface area contributed by atoms with E-state index in [4.69, 9.17) is 14.2 Å². The van der Waals surface area contributed by atoms with Gasteiger partial charge in [-0.25, -0.2) is 9.59 Å². The molecule has 7 heteroatoms. The lowest BCUT2D eigenvalue weighted by atomic mass is 9.89. The van der Waals surface area contributed by atoms with Crippen molar-refractivity contribution in [1.82, 2.24) is 5.32 Å². The Balaban J connectivity index is 2.98.